The topological polar surface area (TPSA) is 33.3 Å². The maximum Gasteiger partial charge on any atom is 0.134 e. The zero-order chi connectivity index (χ0) is 10.4. The number of thiophene rings is 1. The van der Waals surface area contributed by atoms with E-state index >= 15 is 0 Å². The van der Waals surface area contributed by atoms with E-state index in [1.807, 2.05) is 13.1 Å². The quantitative estimate of drug-likeness (QED) is 0.752. The minimum absolute atomic E-state index is 0.479. The van der Waals surface area contributed by atoms with Crippen LogP contribution in [0.5, 0.6) is 5.75 Å². The zero-order valence-electron chi connectivity index (χ0n) is 8.96. The van der Waals surface area contributed by atoms with Crippen molar-refractivity contribution in [2.24, 2.45) is 0 Å². The predicted octanol–water partition coefficient (Wildman–Crippen LogP) is 1.45. The number of hydrogen-bond donors (Lipinski definition) is 2. The van der Waals surface area contributed by atoms with Gasteiger partial charge in [0.05, 0.1) is 12.0 Å². The summed E-state index contributed by atoms with van der Waals surface area (Å²) in [6.07, 6.45) is 0. The molecule has 80 valence electrons. The van der Waals surface area contributed by atoms with E-state index in [9.17, 15) is 0 Å². The van der Waals surface area contributed by atoms with Gasteiger partial charge < -0.3 is 15.4 Å². The summed E-state index contributed by atoms with van der Waals surface area (Å²) in [5, 5.41) is 8.62. The van der Waals surface area contributed by atoms with Crippen LogP contribution in [-0.4, -0.2) is 26.7 Å². The van der Waals surface area contributed by atoms with Crippen molar-refractivity contribution in [3.8, 4) is 5.75 Å². The van der Waals surface area contributed by atoms with Gasteiger partial charge in [-0.1, -0.05) is 0 Å². The number of ether oxygens (including phenoxy) is 1. The van der Waals surface area contributed by atoms with E-state index < -0.39 is 0 Å². The molecule has 0 aliphatic heterocycles. The SMILES string of the molecule is CNCC(C)NCc1sccc1OC. The van der Waals surface area contributed by atoms with Crippen molar-refractivity contribution in [3.63, 3.8) is 0 Å². The summed E-state index contributed by atoms with van der Waals surface area (Å²) < 4.78 is 5.23. The first kappa shape index (κ1) is 11.5. The molecule has 0 aliphatic carbocycles. The summed E-state index contributed by atoms with van der Waals surface area (Å²) in [6, 6.07) is 2.48. The molecule has 1 heterocycles. The van der Waals surface area contributed by atoms with Crippen LogP contribution >= 0.6 is 11.3 Å². The Bertz CT molecular complexity index is 262. The molecule has 1 unspecified atom stereocenters. The van der Waals surface area contributed by atoms with Crippen molar-refractivity contribution >= 4 is 11.3 Å². The van der Waals surface area contributed by atoms with Gasteiger partial charge in [-0.3, -0.25) is 0 Å². The van der Waals surface area contributed by atoms with Crippen molar-refractivity contribution < 1.29 is 4.74 Å². The highest BCUT2D eigenvalue weighted by atomic mass is 32.1. The molecule has 0 aromatic carbocycles. The number of methoxy groups -OCH3 is 1. The second-order valence-electron chi connectivity index (χ2n) is 3.25. The van der Waals surface area contributed by atoms with E-state index in [1.54, 1.807) is 18.4 Å². The highest BCUT2D eigenvalue weighted by Gasteiger charge is 2.05. The highest BCUT2D eigenvalue weighted by Crippen LogP contribution is 2.23. The molecule has 0 amide bonds. The average molecular weight is 214 g/mol. The first-order valence-electron chi connectivity index (χ1n) is 4.76. The third kappa shape index (κ3) is 3.29. The Morgan fingerprint density at radius 1 is 1.57 bits per heavy atom. The average Bonchev–Trinajstić information content (AvgIpc) is 2.62. The summed E-state index contributed by atoms with van der Waals surface area (Å²) in [5.41, 5.74) is 0. The molecule has 1 atom stereocenters. The fourth-order valence-corrected chi connectivity index (χ4v) is 2.08. The van der Waals surface area contributed by atoms with E-state index in [2.05, 4.69) is 22.9 Å². The van der Waals surface area contributed by atoms with Crippen molar-refractivity contribution in [3.05, 3.63) is 16.3 Å². The van der Waals surface area contributed by atoms with Gasteiger partial charge in [-0.05, 0) is 25.4 Å². The lowest BCUT2D eigenvalue weighted by Gasteiger charge is -2.12. The lowest BCUT2D eigenvalue weighted by Crippen LogP contribution is -2.34. The molecule has 0 bridgehead atoms. The molecule has 2 N–H and O–H groups in total. The van der Waals surface area contributed by atoms with Crippen molar-refractivity contribution in [2.45, 2.75) is 19.5 Å². The van der Waals surface area contributed by atoms with Crippen molar-refractivity contribution in [1.29, 1.82) is 0 Å². The molecule has 0 radical (unpaired) electrons. The molecule has 1 rings (SSSR count). The van der Waals surface area contributed by atoms with Gasteiger partial charge in [0, 0.05) is 19.1 Å². The monoisotopic (exact) mass is 214 g/mol. The Kier molecular flexibility index (Phi) is 4.93. The maximum absolute atomic E-state index is 5.23. The Balaban J connectivity index is 2.37. The van der Waals surface area contributed by atoms with E-state index in [0.29, 0.717) is 6.04 Å². The Morgan fingerprint density at radius 2 is 2.36 bits per heavy atom. The molecule has 1 aromatic heterocycles. The van der Waals surface area contributed by atoms with Crippen LogP contribution in [0.15, 0.2) is 11.4 Å². The standard InChI is InChI=1S/C10H18N2OS/c1-8(6-11-2)12-7-10-9(13-3)4-5-14-10/h4-5,8,11-12H,6-7H2,1-3H3. The summed E-state index contributed by atoms with van der Waals surface area (Å²) >= 11 is 1.73. The minimum atomic E-state index is 0.479. The van der Waals surface area contributed by atoms with Crippen molar-refractivity contribution in [1.82, 2.24) is 10.6 Å². The molecule has 0 saturated heterocycles. The molecule has 4 heteroatoms. The number of rotatable bonds is 6. The molecule has 0 spiro atoms. The van der Waals surface area contributed by atoms with Crippen molar-refractivity contribution in [2.75, 3.05) is 20.7 Å². The van der Waals surface area contributed by atoms with Crippen LogP contribution in [-0.2, 0) is 6.54 Å². The molecule has 1 aromatic rings. The Morgan fingerprint density at radius 3 is 3.00 bits per heavy atom. The number of hydrogen-bond acceptors (Lipinski definition) is 4. The molecule has 0 saturated carbocycles. The van der Waals surface area contributed by atoms with E-state index in [4.69, 9.17) is 4.74 Å². The maximum atomic E-state index is 5.23. The number of nitrogens with one attached hydrogen (secondary N) is 2. The molecule has 3 nitrogen and oxygen atoms in total. The summed E-state index contributed by atoms with van der Waals surface area (Å²) in [7, 11) is 3.67. The highest BCUT2D eigenvalue weighted by molar-refractivity contribution is 7.10. The van der Waals surface area contributed by atoms with Gasteiger partial charge in [0.15, 0.2) is 0 Å². The second kappa shape index (κ2) is 6.01. The van der Waals surface area contributed by atoms with Gasteiger partial charge in [-0.15, -0.1) is 11.3 Å². The fourth-order valence-electron chi connectivity index (χ4n) is 1.28. The van der Waals surface area contributed by atoms with Crippen LogP contribution in [0.25, 0.3) is 0 Å². The van der Waals surface area contributed by atoms with Gasteiger partial charge in [-0.2, -0.15) is 0 Å². The van der Waals surface area contributed by atoms with Gasteiger partial charge in [-0.25, -0.2) is 0 Å². The van der Waals surface area contributed by atoms with E-state index in [1.165, 1.54) is 4.88 Å². The largest absolute Gasteiger partial charge is 0.496 e. The van der Waals surface area contributed by atoms with Gasteiger partial charge in [0.1, 0.15) is 5.75 Å². The van der Waals surface area contributed by atoms with Crippen LogP contribution in [0.2, 0.25) is 0 Å². The van der Waals surface area contributed by atoms with E-state index in [-0.39, 0.29) is 0 Å². The van der Waals surface area contributed by atoms with Gasteiger partial charge in [0.2, 0.25) is 0 Å². The molecular formula is C10H18N2OS. The number of likely N-dealkylation sites (N-methyl/N-ethyl adjacent to an activating group) is 1. The van der Waals surface area contributed by atoms with Crippen LogP contribution < -0.4 is 15.4 Å². The lowest BCUT2D eigenvalue weighted by molar-refractivity contribution is 0.408. The van der Waals surface area contributed by atoms with Crippen LogP contribution in [0.3, 0.4) is 0 Å². The summed E-state index contributed by atoms with van der Waals surface area (Å²) in [4.78, 5) is 1.26. The Hall–Kier alpha value is -0.580. The normalized spacial score (nSPS) is 12.8. The lowest BCUT2D eigenvalue weighted by atomic mass is 10.3. The summed E-state index contributed by atoms with van der Waals surface area (Å²) in [6.45, 7) is 4.02. The fraction of sp³-hybridized carbons (Fsp3) is 0.600. The predicted molar refractivity (Wildman–Crippen MR) is 61.1 cm³/mol. The van der Waals surface area contributed by atoms with E-state index in [0.717, 1.165) is 18.8 Å². The van der Waals surface area contributed by atoms with Gasteiger partial charge >= 0.3 is 0 Å². The first-order valence-corrected chi connectivity index (χ1v) is 5.64. The molecular weight excluding hydrogens is 196 g/mol. The second-order valence-corrected chi connectivity index (χ2v) is 4.25. The first-order chi connectivity index (χ1) is 6.77. The van der Waals surface area contributed by atoms with Crippen LogP contribution in [0, 0.1) is 0 Å². The Labute approximate surface area is 89.5 Å². The minimum Gasteiger partial charge on any atom is -0.496 e. The third-order valence-electron chi connectivity index (χ3n) is 2.05. The summed E-state index contributed by atoms with van der Waals surface area (Å²) in [5.74, 6) is 0.985. The zero-order valence-corrected chi connectivity index (χ0v) is 9.78. The van der Waals surface area contributed by atoms with Crippen LogP contribution in [0.1, 0.15) is 11.8 Å². The third-order valence-corrected chi connectivity index (χ3v) is 2.95. The molecule has 0 aliphatic rings. The molecule has 0 fully saturated rings. The van der Waals surface area contributed by atoms with Crippen LogP contribution in [0.4, 0.5) is 0 Å². The smallest absolute Gasteiger partial charge is 0.134 e. The van der Waals surface area contributed by atoms with Gasteiger partial charge in [0.25, 0.3) is 0 Å². The molecule has 14 heavy (non-hydrogen) atoms.